The topological polar surface area (TPSA) is 115 Å². The van der Waals surface area contributed by atoms with E-state index in [1.54, 1.807) is 25.1 Å². The molecule has 25 heavy (non-hydrogen) atoms. The minimum atomic E-state index is -0.593. The third-order valence-corrected chi connectivity index (χ3v) is 3.72. The van der Waals surface area contributed by atoms with Crippen LogP contribution in [0.4, 0.5) is 5.82 Å². The summed E-state index contributed by atoms with van der Waals surface area (Å²) in [6.07, 6.45) is 1.58. The van der Waals surface area contributed by atoms with Gasteiger partial charge in [-0.1, -0.05) is 5.16 Å². The number of rotatable bonds is 6. The summed E-state index contributed by atoms with van der Waals surface area (Å²) in [6, 6.07) is 5.04. The van der Waals surface area contributed by atoms with Crippen LogP contribution in [0.15, 0.2) is 33.4 Å². The molecule has 0 aromatic carbocycles. The molecule has 0 radical (unpaired) electrons. The maximum atomic E-state index is 12.1. The van der Waals surface area contributed by atoms with Gasteiger partial charge in [-0.3, -0.25) is 14.4 Å². The Kier molecular flexibility index (Phi) is 4.82. The van der Waals surface area contributed by atoms with Gasteiger partial charge in [-0.2, -0.15) is 0 Å². The number of nitrogens with zero attached hydrogens (tertiary/aromatic N) is 2. The SMILES string of the molecule is Cc1cc(NC(=O)COC(=O)C2CC(=O)N(Cc3ccco3)C2)no1. The molecule has 1 aliphatic rings. The standard InChI is InChI=1S/C16H17N3O6/c1-10-5-13(18-25-10)17-14(20)9-24-16(22)11-6-15(21)19(7-11)8-12-3-2-4-23-12/h2-5,11H,6-9H2,1H3,(H,17,18,20). The van der Waals surface area contributed by atoms with Crippen LogP contribution in [-0.2, 0) is 25.7 Å². The molecule has 1 N–H and O–H groups in total. The van der Waals surface area contributed by atoms with Crippen LogP contribution < -0.4 is 5.32 Å². The number of esters is 1. The first-order chi connectivity index (χ1) is 12.0. The minimum absolute atomic E-state index is 0.0592. The van der Waals surface area contributed by atoms with Gasteiger partial charge in [0.1, 0.15) is 11.5 Å². The molecule has 0 bridgehead atoms. The smallest absolute Gasteiger partial charge is 0.311 e. The fourth-order valence-corrected chi connectivity index (χ4v) is 2.53. The number of hydrogen-bond donors (Lipinski definition) is 1. The van der Waals surface area contributed by atoms with Gasteiger partial charge >= 0.3 is 5.97 Å². The quantitative estimate of drug-likeness (QED) is 0.778. The van der Waals surface area contributed by atoms with Gasteiger partial charge in [0.2, 0.25) is 5.91 Å². The third-order valence-electron chi connectivity index (χ3n) is 3.72. The second kappa shape index (κ2) is 7.20. The summed E-state index contributed by atoms with van der Waals surface area (Å²) in [7, 11) is 0. The van der Waals surface area contributed by atoms with Gasteiger partial charge < -0.3 is 23.9 Å². The lowest BCUT2D eigenvalue weighted by Gasteiger charge is -2.14. The number of anilines is 1. The Morgan fingerprint density at radius 3 is 3.00 bits per heavy atom. The molecule has 3 heterocycles. The van der Waals surface area contributed by atoms with Crippen molar-refractivity contribution in [1.82, 2.24) is 10.1 Å². The predicted octanol–water partition coefficient (Wildman–Crippen LogP) is 1.11. The van der Waals surface area contributed by atoms with Gasteiger partial charge in [-0.25, -0.2) is 0 Å². The van der Waals surface area contributed by atoms with Crippen LogP contribution in [0.25, 0.3) is 0 Å². The summed E-state index contributed by atoms with van der Waals surface area (Å²) in [5, 5.41) is 6.05. The second-order valence-electron chi connectivity index (χ2n) is 5.73. The molecule has 1 saturated heterocycles. The largest absolute Gasteiger partial charge is 0.467 e. The van der Waals surface area contributed by atoms with Crippen LogP contribution in [0.3, 0.4) is 0 Å². The molecule has 0 aliphatic carbocycles. The van der Waals surface area contributed by atoms with E-state index in [9.17, 15) is 14.4 Å². The van der Waals surface area contributed by atoms with E-state index < -0.39 is 24.4 Å². The Balaban J connectivity index is 1.45. The van der Waals surface area contributed by atoms with Gasteiger partial charge in [0.05, 0.1) is 18.7 Å². The highest BCUT2D eigenvalue weighted by molar-refractivity contribution is 5.93. The van der Waals surface area contributed by atoms with Crippen molar-refractivity contribution in [3.05, 3.63) is 36.0 Å². The molecule has 0 saturated carbocycles. The fourth-order valence-electron chi connectivity index (χ4n) is 2.53. The summed E-state index contributed by atoms with van der Waals surface area (Å²) < 4.78 is 15.0. The lowest BCUT2D eigenvalue weighted by atomic mass is 10.1. The van der Waals surface area contributed by atoms with E-state index in [0.29, 0.717) is 18.1 Å². The number of nitrogens with one attached hydrogen (secondary N) is 1. The first-order valence-corrected chi connectivity index (χ1v) is 7.71. The molecule has 9 heteroatoms. The molecule has 2 amide bonds. The van der Waals surface area contributed by atoms with E-state index in [0.717, 1.165) is 0 Å². The monoisotopic (exact) mass is 347 g/mol. The molecule has 132 valence electrons. The summed E-state index contributed by atoms with van der Waals surface area (Å²) in [5.41, 5.74) is 0. The van der Waals surface area contributed by atoms with Crippen LogP contribution in [0.2, 0.25) is 0 Å². The van der Waals surface area contributed by atoms with Crippen LogP contribution >= 0.6 is 0 Å². The average molecular weight is 347 g/mol. The highest BCUT2D eigenvalue weighted by Crippen LogP contribution is 2.21. The zero-order chi connectivity index (χ0) is 17.8. The summed E-state index contributed by atoms with van der Waals surface area (Å²) in [5.74, 6) is -0.414. The number of hydrogen-bond acceptors (Lipinski definition) is 7. The first kappa shape index (κ1) is 16.7. The van der Waals surface area contributed by atoms with E-state index >= 15 is 0 Å². The molecule has 2 aromatic heterocycles. The van der Waals surface area contributed by atoms with Crippen LogP contribution in [0.5, 0.6) is 0 Å². The van der Waals surface area contributed by atoms with Crippen molar-refractivity contribution in [2.75, 3.05) is 18.5 Å². The Labute approximate surface area is 142 Å². The zero-order valence-electron chi connectivity index (χ0n) is 13.6. The van der Waals surface area contributed by atoms with Crippen molar-refractivity contribution in [2.45, 2.75) is 19.9 Å². The summed E-state index contributed by atoms with van der Waals surface area (Å²) >= 11 is 0. The highest BCUT2D eigenvalue weighted by atomic mass is 16.5. The van der Waals surface area contributed by atoms with Gasteiger partial charge in [-0.05, 0) is 19.1 Å². The maximum Gasteiger partial charge on any atom is 0.311 e. The summed E-state index contributed by atoms with van der Waals surface area (Å²) in [4.78, 5) is 37.3. The number of carbonyl (C=O) groups excluding carboxylic acids is 3. The molecular weight excluding hydrogens is 330 g/mol. The van der Waals surface area contributed by atoms with E-state index in [2.05, 4.69) is 10.5 Å². The van der Waals surface area contributed by atoms with Gasteiger partial charge in [0.25, 0.3) is 5.91 Å². The predicted molar refractivity (Wildman–Crippen MR) is 83.1 cm³/mol. The number of likely N-dealkylation sites (tertiary alicyclic amines) is 1. The number of furan rings is 1. The Morgan fingerprint density at radius 1 is 1.48 bits per heavy atom. The molecule has 1 unspecified atom stereocenters. The molecule has 1 fully saturated rings. The molecule has 2 aromatic rings. The highest BCUT2D eigenvalue weighted by Gasteiger charge is 2.35. The maximum absolute atomic E-state index is 12.1. The minimum Gasteiger partial charge on any atom is -0.467 e. The van der Waals surface area contributed by atoms with E-state index in [1.165, 1.54) is 11.2 Å². The fraction of sp³-hybridized carbons (Fsp3) is 0.375. The lowest BCUT2D eigenvalue weighted by Crippen LogP contribution is -2.28. The average Bonchev–Trinajstić information content (AvgIpc) is 3.29. The van der Waals surface area contributed by atoms with Crippen LogP contribution in [-0.4, -0.2) is 41.0 Å². The Bertz CT molecular complexity index is 767. The molecule has 1 atom stereocenters. The molecule has 0 spiro atoms. The zero-order valence-corrected chi connectivity index (χ0v) is 13.6. The number of aromatic nitrogens is 1. The van der Waals surface area contributed by atoms with E-state index in [4.69, 9.17) is 13.7 Å². The summed E-state index contributed by atoms with van der Waals surface area (Å²) in [6.45, 7) is 1.78. The molecular formula is C16H17N3O6. The van der Waals surface area contributed by atoms with E-state index in [1.807, 2.05) is 0 Å². The van der Waals surface area contributed by atoms with E-state index in [-0.39, 0.29) is 24.7 Å². The van der Waals surface area contributed by atoms with Crippen LogP contribution in [0, 0.1) is 12.8 Å². The van der Waals surface area contributed by atoms with Crippen molar-refractivity contribution in [2.24, 2.45) is 5.92 Å². The van der Waals surface area contributed by atoms with Crippen molar-refractivity contribution in [1.29, 1.82) is 0 Å². The Hall–Kier alpha value is -3.10. The number of carbonyl (C=O) groups is 3. The molecule has 1 aliphatic heterocycles. The lowest BCUT2D eigenvalue weighted by molar-refractivity contribution is -0.151. The van der Waals surface area contributed by atoms with Crippen molar-refractivity contribution in [3.8, 4) is 0 Å². The number of ether oxygens (including phenoxy) is 1. The first-order valence-electron chi connectivity index (χ1n) is 7.71. The van der Waals surface area contributed by atoms with Crippen molar-refractivity contribution >= 4 is 23.6 Å². The van der Waals surface area contributed by atoms with Crippen molar-refractivity contribution in [3.63, 3.8) is 0 Å². The number of amides is 2. The van der Waals surface area contributed by atoms with Gasteiger partial charge in [-0.15, -0.1) is 0 Å². The third kappa shape index (κ3) is 4.25. The second-order valence-corrected chi connectivity index (χ2v) is 5.73. The van der Waals surface area contributed by atoms with Crippen LogP contribution in [0.1, 0.15) is 17.9 Å². The van der Waals surface area contributed by atoms with Gasteiger partial charge in [0, 0.05) is 19.0 Å². The molecule has 3 rings (SSSR count). The van der Waals surface area contributed by atoms with Crippen molar-refractivity contribution < 1.29 is 28.1 Å². The molecule has 9 nitrogen and oxygen atoms in total. The number of aryl methyl sites for hydroxylation is 1. The Morgan fingerprint density at radius 2 is 2.32 bits per heavy atom. The normalized spacial score (nSPS) is 16.9. The van der Waals surface area contributed by atoms with Gasteiger partial charge in [0.15, 0.2) is 12.4 Å².